The largest absolute Gasteiger partial charge is 0.481 e. The van der Waals surface area contributed by atoms with Gasteiger partial charge in [-0.2, -0.15) is 0 Å². The number of aryl methyl sites for hydroxylation is 3. The van der Waals surface area contributed by atoms with Crippen molar-refractivity contribution in [1.82, 2.24) is 0 Å². The molecule has 4 heteroatoms. The zero-order valence-corrected chi connectivity index (χ0v) is 14.0. The highest BCUT2D eigenvalue weighted by Gasteiger charge is 2.16. The Balaban J connectivity index is 2.05. The molecular weight excluding hydrogens is 298 g/mol. The molecule has 0 aliphatic heterocycles. The van der Waals surface area contributed by atoms with Crippen LogP contribution < -0.4 is 10.1 Å². The molecule has 0 heterocycles. The van der Waals surface area contributed by atoms with E-state index in [0.29, 0.717) is 5.02 Å². The molecule has 0 saturated carbocycles. The minimum atomic E-state index is -0.587. The van der Waals surface area contributed by atoms with Gasteiger partial charge in [0.25, 0.3) is 5.91 Å². The van der Waals surface area contributed by atoms with E-state index in [4.69, 9.17) is 16.3 Å². The van der Waals surface area contributed by atoms with Gasteiger partial charge in [0.1, 0.15) is 5.75 Å². The number of rotatable bonds is 4. The summed E-state index contributed by atoms with van der Waals surface area (Å²) in [7, 11) is 0. The number of benzene rings is 2. The predicted molar refractivity (Wildman–Crippen MR) is 90.8 cm³/mol. The summed E-state index contributed by atoms with van der Waals surface area (Å²) in [4.78, 5) is 12.3. The third kappa shape index (κ3) is 4.01. The molecule has 116 valence electrons. The van der Waals surface area contributed by atoms with E-state index in [-0.39, 0.29) is 5.91 Å². The maximum Gasteiger partial charge on any atom is 0.265 e. The highest BCUT2D eigenvalue weighted by Crippen LogP contribution is 2.22. The van der Waals surface area contributed by atoms with E-state index in [2.05, 4.69) is 5.32 Å². The third-order valence-corrected chi connectivity index (χ3v) is 3.68. The zero-order chi connectivity index (χ0) is 16.3. The molecule has 0 aliphatic carbocycles. The lowest BCUT2D eigenvalue weighted by molar-refractivity contribution is -0.122. The Kier molecular flexibility index (Phi) is 5.09. The topological polar surface area (TPSA) is 38.3 Å². The lowest BCUT2D eigenvalue weighted by Crippen LogP contribution is -2.30. The van der Waals surface area contributed by atoms with Gasteiger partial charge in [-0.1, -0.05) is 29.3 Å². The summed E-state index contributed by atoms with van der Waals surface area (Å²) in [5, 5.41) is 3.51. The second kappa shape index (κ2) is 6.84. The molecule has 22 heavy (non-hydrogen) atoms. The van der Waals surface area contributed by atoms with Gasteiger partial charge in [0.2, 0.25) is 0 Å². The van der Waals surface area contributed by atoms with Crippen LogP contribution in [0.15, 0.2) is 36.4 Å². The molecule has 2 rings (SSSR count). The Morgan fingerprint density at radius 1 is 1.09 bits per heavy atom. The Morgan fingerprint density at radius 3 is 2.45 bits per heavy atom. The Morgan fingerprint density at radius 2 is 1.82 bits per heavy atom. The fourth-order valence-corrected chi connectivity index (χ4v) is 2.40. The highest BCUT2D eigenvalue weighted by molar-refractivity contribution is 6.30. The smallest absolute Gasteiger partial charge is 0.265 e. The summed E-state index contributed by atoms with van der Waals surface area (Å²) in [6, 6.07) is 11.2. The molecule has 2 aromatic carbocycles. The van der Waals surface area contributed by atoms with Crippen LogP contribution in [0.3, 0.4) is 0 Å². The second-order valence-electron chi connectivity index (χ2n) is 5.48. The first-order chi connectivity index (χ1) is 10.4. The lowest BCUT2D eigenvalue weighted by Gasteiger charge is -2.17. The SMILES string of the molecule is Cc1ccc(O[C@H](C)C(=O)Nc2ccc(Cl)cc2C)c(C)c1. The molecule has 0 saturated heterocycles. The average Bonchev–Trinajstić information content (AvgIpc) is 2.44. The lowest BCUT2D eigenvalue weighted by atomic mass is 10.1. The van der Waals surface area contributed by atoms with Crippen LogP contribution in [0.4, 0.5) is 5.69 Å². The number of ether oxygens (including phenoxy) is 1. The maximum atomic E-state index is 12.3. The van der Waals surface area contributed by atoms with Crippen molar-refractivity contribution in [1.29, 1.82) is 0 Å². The van der Waals surface area contributed by atoms with Crippen molar-refractivity contribution in [2.75, 3.05) is 5.32 Å². The van der Waals surface area contributed by atoms with Crippen LogP contribution in [0.25, 0.3) is 0 Å². The number of halogens is 1. The molecule has 0 spiro atoms. The summed E-state index contributed by atoms with van der Waals surface area (Å²) in [5.74, 6) is 0.534. The molecule has 1 N–H and O–H groups in total. The second-order valence-corrected chi connectivity index (χ2v) is 5.91. The molecular formula is C18H20ClNO2. The van der Waals surface area contributed by atoms with E-state index in [9.17, 15) is 4.79 Å². The molecule has 2 aromatic rings. The van der Waals surface area contributed by atoms with Gasteiger partial charge < -0.3 is 10.1 Å². The Bertz CT molecular complexity index is 697. The maximum absolute atomic E-state index is 12.3. The van der Waals surface area contributed by atoms with Crippen LogP contribution in [-0.4, -0.2) is 12.0 Å². The molecule has 1 amide bonds. The van der Waals surface area contributed by atoms with E-state index in [1.54, 1.807) is 19.1 Å². The van der Waals surface area contributed by atoms with Gasteiger partial charge in [-0.05, 0) is 63.1 Å². The monoisotopic (exact) mass is 317 g/mol. The first-order valence-corrected chi connectivity index (χ1v) is 7.55. The average molecular weight is 318 g/mol. The molecule has 3 nitrogen and oxygen atoms in total. The zero-order valence-electron chi connectivity index (χ0n) is 13.2. The number of carbonyl (C=O) groups excluding carboxylic acids is 1. The fourth-order valence-electron chi connectivity index (χ4n) is 2.18. The van der Waals surface area contributed by atoms with Crippen molar-refractivity contribution >= 4 is 23.2 Å². The first-order valence-electron chi connectivity index (χ1n) is 7.18. The van der Waals surface area contributed by atoms with Crippen molar-refractivity contribution < 1.29 is 9.53 Å². The summed E-state index contributed by atoms with van der Waals surface area (Å²) in [6.07, 6.45) is -0.587. The number of hydrogen-bond acceptors (Lipinski definition) is 2. The Labute approximate surface area is 136 Å². The summed E-state index contributed by atoms with van der Waals surface area (Å²) in [5.41, 5.74) is 3.84. The van der Waals surface area contributed by atoms with Gasteiger partial charge in [0.05, 0.1) is 0 Å². The van der Waals surface area contributed by atoms with E-state index < -0.39 is 6.10 Å². The van der Waals surface area contributed by atoms with Crippen LogP contribution in [0.1, 0.15) is 23.6 Å². The van der Waals surface area contributed by atoms with Crippen LogP contribution in [0.5, 0.6) is 5.75 Å². The minimum Gasteiger partial charge on any atom is -0.481 e. The number of amides is 1. The van der Waals surface area contributed by atoms with Gasteiger partial charge in [-0.25, -0.2) is 0 Å². The van der Waals surface area contributed by atoms with Crippen LogP contribution in [0.2, 0.25) is 5.02 Å². The molecule has 1 atom stereocenters. The van der Waals surface area contributed by atoms with Crippen molar-refractivity contribution in [2.45, 2.75) is 33.8 Å². The molecule has 0 bridgehead atoms. The van der Waals surface area contributed by atoms with Gasteiger partial charge in [-0.3, -0.25) is 4.79 Å². The third-order valence-electron chi connectivity index (χ3n) is 3.45. The van der Waals surface area contributed by atoms with Crippen molar-refractivity contribution in [3.63, 3.8) is 0 Å². The molecule has 0 aromatic heterocycles. The normalized spacial score (nSPS) is 11.9. The molecule has 0 unspecified atom stereocenters. The Hall–Kier alpha value is -2.00. The number of carbonyl (C=O) groups is 1. The van der Waals surface area contributed by atoms with E-state index in [0.717, 1.165) is 22.6 Å². The van der Waals surface area contributed by atoms with Crippen molar-refractivity contribution in [2.24, 2.45) is 0 Å². The van der Waals surface area contributed by atoms with Gasteiger partial charge in [-0.15, -0.1) is 0 Å². The number of hydrogen-bond donors (Lipinski definition) is 1. The van der Waals surface area contributed by atoms with E-state index in [1.165, 1.54) is 5.56 Å². The first kappa shape index (κ1) is 16.4. The van der Waals surface area contributed by atoms with Crippen LogP contribution in [-0.2, 0) is 4.79 Å². The van der Waals surface area contributed by atoms with Crippen LogP contribution in [0, 0.1) is 20.8 Å². The standard InChI is InChI=1S/C18H20ClNO2/c1-11-5-8-17(13(3)9-11)22-14(4)18(21)20-16-7-6-15(19)10-12(16)2/h5-10,14H,1-4H3,(H,20,21)/t14-/m1/s1. The predicted octanol–water partition coefficient (Wildman–Crippen LogP) is 4.67. The molecule has 0 radical (unpaired) electrons. The quantitative estimate of drug-likeness (QED) is 0.889. The number of nitrogens with one attached hydrogen (secondary N) is 1. The van der Waals surface area contributed by atoms with Crippen LogP contribution >= 0.6 is 11.6 Å². The van der Waals surface area contributed by atoms with E-state index >= 15 is 0 Å². The van der Waals surface area contributed by atoms with Gasteiger partial charge in [0.15, 0.2) is 6.10 Å². The van der Waals surface area contributed by atoms with E-state index in [1.807, 2.05) is 45.0 Å². The van der Waals surface area contributed by atoms with Gasteiger partial charge in [0, 0.05) is 10.7 Å². The summed E-state index contributed by atoms with van der Waals surface area (Å²) < 4.78 is 5.76. The van der Waals surface area contributed by atoms with Crippen molar-refractivity contribution in [3.05, 3.63) is 58.1 Å². The molecule has 0 fully saturated rings. The number of anilines is 1. The minimum absolute atomic E-state index is 0.189. The summed E-state index contributed by atoms with van der Waals surface area (Å²) in [6.45, 7) is 7.63. The van der Waals surface area contributed by atoms with Gasteiger partial charge >= 0.3 is 0 Å². The van der Waals surface area contributed by atoms with Crippen molar-refractivity contribution in [3.8, 4) is 5.75 Å². The highest BCUT2D eigenvalue weighted by atomic mass is 35.5. The molecule has 0 aliphatic rings. The fraction of sp³-hybridized carbons (Fsp3) is 0.278. The summed E-state index contributed by atoms with van der Waals surface area (Å²) >= 11 is 5.92.